The minimum Gasteiger partial charge on any atom is -0.491 e. The number of ether oxygens (including phenoxy) is 3. The molecule has 152 valence electrons. The highest BCUT2D eigenvalue weighted by Gasteiger charge is 2.34. The van der Waals surface area contributed by atoms with Crippen molar-refractivity contribution in [2.75, 3.05) is 26.9 Å². The summed E-state index contributed by atoms with van der Waals surface area (Å²) < 4.78 is 16.5. The van der Waals surface area contributed by atoms with Gasteiger partial charge < -0.3 is 19.1 Å². The van der Waals surface area contributed by atoms with Gasteiger partial charge in [-0.15, -0.1) is 0 Å². The Labute approximate surface area is 170 Å². The van der Waals surface area contributed by atoms with Gasteiger partial charge in [0.2, 0.25) is 5.91 Å². The second-order valence-corrected chi connectivity index (χ2v) is 7.43. The van der Waals surface area contributed by atoms with Gasteiger partial charge in [-0.25, -0.2) is 4.79 Å². The van der Waals surface area contributed by atoms with Gasteiger partial charge in [0.1, 0.15) is 12.4 Å². The van der Waals surface area contributed by atoms with E-state index in [1.54, 1.807) is 12.1 Å². The Hall–Kier alpha value is -2.86. The van der Waals surface area contributed by atoms with Gasteiger partial charge in [-0.3, -0.25) is 4.79 Å². The second kappa shape index (κ2) is 8.66. The van der Waals surface area contributed by atoms with Gasteiger partial charge in [-0.1, -0.05) is 36.4 Å². The maximum absolute atomic E-state index is 13.4. The van der Waals surface area contributed by atoms with E-state index in [2.05, 4.69) is 0 Å². The number of hydrogen-bond donors (Lipinski definition) is 0. The van der Waals surface area contributed by atoms with Crippen molar-refractivity contribution in [2.24, 2.45) is 5.92 Å². The summed E-state index contributed by atoms with van der Waals surface area (Å²) in [6, 6.07) is 15.0. The van der Waals surface area contributed by atoms with Gasteiger partial charge in [0.15, 0.2) is 0 Å². The Morgan fingerprint density at radius 3 is 2.66 bits per heavy atom. The lowest BCUT2D eigenvalue weighted by Crippen LogP contribution is -2.42. The smallest absolute Gasteiger partial charge is 0.337 e. The third-order valence-corrected chi connectivity index (χ3v) is 5.58. The summed E-state index contributed by atoms with van der Waals surface area (Å²) in [6.07, 6.45) is 1.74. The molecule has 0 saturated carbocycles. The zero-order valence-electron chi connectivity index (χ0n) is 16.5. The molecule has 0 aliphatic carbocycles. The molecule has 4 rings (SSSR count). The monoisotopic (exact) mass is 395 g/mol. The number of carbonyl (C=O) groups excluding carboxylic acids is 2. The number of methoxy groups -OCH3 is 1. The zero-order chi connectivity index (χ0) is 20.2. The number of esters is 1. The topological polar surface area (TPSA) is 65.1 Å². The second-order valence-electron chi connectivity index (χ2n) is 7.43. The first-order valence-electron chi connectivity index (χ1n) is 9.94. The van der Waals surface area contributed by atoms with Crippen LogP contribution in [-0.2, 0) is 20.8 Å². The minimum absolute atomic E-state index is 0.0899. The number of carbonyl (C=O) groups is 2. The molecule has 6 nitrogen and oxygen atoms in total. The molecule has 6 heteroatoms. The van der Waals surface area contributed by atoms with Crippen LogP contribution in [0.5, 0.6) is 5.75 Å². The Bertz CT molecular complexity index is 876. The van der Waals surface area contributed by atoms with E-state index in [1.807, 2.05) is 41.3 Å². The van der Waals surface area contributed by atoms with E-state index in [0.29, 0.717) is 37.7 Å². The molecule has 1 unspecified atom stereocenters. The summed E-state index contributed by atoms with van der Waals surface area (Å²) in [5.74, 6) is 0.162. The first-order chi connectivity index (χ1) is 14.2. The number of benzene rings is 2. The van der Waals surface area contributed by atoms with E-state index in [9.17, 15) is 9.59 Å². The van der Waals surface area contributed by atoms with Crippen molar-refractivity contribution >= 4 is 11.9 Å². The predicted molar refractivity (Wildman–Crippen MR) is 107 cm³/mol. The Morgan fingerprint density at radius 1 is 1.10 bits per heavy atom. The quantitative estimate of drug-likeness (QED) is 0.746. The molecule has 2 aromatic rings. The maximum atomic E-state index is 13.4. The lowest BCUT2D eigenvalue weighted by molar-refractivity contribution is -0.143. The third kappa shape index (κ3) is 4.12. The van der Waals surface area contributed by atoms with Gasteiger partial charge in [0.25, 0.3) is 0 Å². The molecule has 2 aliphatic rings. The molecule has 0 bridgehead atoms. The lowest BCUT2D eigenvalue weighted by atomic mass is 9.97. The number of hydrogen-bond acceptors (Lipinski definition) is 5. The van der Waals surface area contributed by atoms with Crippen LogP contribution >= 0.6 is 0 Å². The van der Waals surface area contributed by atoms with Crippen molar-refractivity contribution in [3.05, 3.63) is 65.2 Å². The molecule has 1 saturated heterocycles. The summed E-state index contributed by atoms with van der Waals surface area (Å²) in [5, 5.41) is 0. The summed E-state index contributed by atoms with van der Waals surface area (Å²) in [5.41, 5.74) is 2.34. The van der Waals surface area contributed by atoms with Crippen LogP contribution in [0.25, 0.3) is 0 Å². The average molecular weight is 395 g/mol. The molecule has 0 spiro atoms. The van der Waals surface area contributed by atoms with Crippen molar-refractivity contribution in [2.45, 2.75) is 25.4 Å². The van der Waals surface area contributed by atoms with E-state index >= 15 is 0 Å². The van der Waals surface area contributed by atoms with E-state index < -0.39 is 5.97 Å². The van der Waals surface area contributed by atoms with Crippen molar-refractivity contribution in [3.63, 3.8) is 0 Å². The standard InChI is InChI=1S/C23H25NO5/c1-27-23(26)17-9-10-18-13-24(22(25)19-8-5-11-28-14-19)20(15-29-21(18)12-17)16-6-3-2-4-7-16/h2-4,6-7,9-10,12,19-20H,5,8,11,13-15H2,1H3/t19?,20-/m1/s1. The van der Waals surface area contributed by atoms with Crippen LogP contribution in [0, 0.1) is 5.92 Å². The van der Waals surface area contributed by atoms with Crippen molar-refractivity contribution in [1.82, 2.24) is 4.90 Å². The van der Waals surface area contributed by atoms with Crippen molar-refractivity contribution in [1.29, 1.82) is 0 Å². The van der Waals surface area contributed by atoms with E-state index in [-0.39, 0.29) is 17.9 Å². The molecule has 0 radical (unpaired) electrons. The molecule has 0 aromatic heterocycles. The summed E-state index contributed by atoms with van der Waals surface area (Å²) in [7, 11) is 1.35. The molecule has 29 heavy (non-hydrogen) atoms. The highest BCUT2D eigenvalue weighted by molar-refractivity contribution is 5.90. The molecule has 2 aromatic carbocycles. The van der Waals surface area contributed by atoms with E-state index in [1.165, 1.54) is 7.11 Å². The Balaban J connectivity index is 1.68. The van der Waals surface area contributed by atoms with E-state index in [4.69, 9.17) is 14.2 Å². The first-order valence-corrected chi connectivity index (χ1v) is 9.94. The molecular weight excluding hydrogens is 370 g/mol. The van der Waals surface area contributed by atoms with Crippen LogP contribution in [-0.4, -0.2) is 43.7 Å². The summed E-state index contributed by atoms with van der Waals surface area (Å²) in [6.45, 7) is 1.92. The number of fused-ring (bicyclic) bond motifs is 1. The number of nitrogens with zero attached hydrogens (tertiary/aromatic N) is 1. The van der Waals surface area contributed by atoms with E-state index in [0.717, 1.165) is 24.0 Å². The Kier molecular flexibility index (Phi) is 5.81. The highest BCUT2D eigenvalue weighted by Crippen LogP contribution is 2.34. The Morgan fingerprint density at radius 2 is 1.93 bits per heavy atom. The largest absolute Gasteiger partial charge is 0.491 e. The molecule has 1 fully saturated rings. The zero-order valence-corrected chi connectivity index (χ0v) is 16.5. The average Bonchev–Trinajstić information content (AvgIpc) is 2.98. The molecule has 1 amide bonds. The lowest BCUT2D eigenvalue weighted by Gasteiger charge is -2.34. The van der Waals surface area contributed by atoms with Gasteiger partial charge in [0.05, 0.1) is 37.8 Å². The molecule has 2 aliphatic heterocycles. The van der Waals surface area contributed by atoms with Crippen LogP contribution in [0.3, 0.4) is 0 Å². The van der Waals surface area contributed by atoms with Crippen molar-refractivity contribution in [3.8, 4) is 5.75 Å². The normalized spacial score (nSPS) is 21.5. The van der Waals surface area contributed by atoms with Gasteiger partial charge >= 0.3 is 5.97 Å². The van der Waals surface area contributed by atoms with Crippen LogP contribution in [0.15, 0.2) is 48.5 Å². The number of amides is 1. The predicted octanol–water partition coefficient (Wildman–Crippen LogP) is 3.36. The fourth-order valence-corrected chi connectivity index (χ4v) is 3.97. The number of rotatable bonds is 3. The first kappa shape index (κ1) is 19.5. The van der Waals surface area contributed by atoms with Crippen LogP contribution < -0.4 is 4.74 Å². The molecular formula is C23H25NO5. The van der Waals surface area contributed by atoms with Crippen LogP contribution in [0.4, 0.5) is 0 Å². The fourth-order valence-electron chi connectivity index (χ4n) is 3.97. The summed E-state index contributed by atoms with van der Waals surface area (Å²) >= 11 is 0. The highest BCUT2D eigenvalue weighted by atomic mass is 16.5. The van der Waals surface area contributed by atoms with Crippen LogP contribution in [0.2, 0.25) is 0 Å². The summed E-state index contributed by atoms with van der Waals surface area (Å²) in [4.78, 5) is 27.2. The third-order valence-electron chi connectivity index (χ3n) is 5.58. The minimum atomic E-state index is -0.410. The SMILES string of the molecule is COC(=O)c1ccc2c(c1)OC[C@H](c1ccccc1)N(C(=O)C1CCCOC1)C2. The maximum Gasteiger partial charge on any atom is 0.337 e. The van der Waals surface area contributed by atoms with Crippen LogP contribution in [0.1, 0.15) is 40.4 Å². The van der Waals surface area contributed by atoms with Crippen molar-refractivity contribution < 1.29 is 23.8 Å². The fraction of sp³-hybridized carbons (Fsp3) is 0.391. The van der Waals surface area contributed by atoms with Gasteiger partial charge in [-0.05, 0) is 30.5 Å². The molecule has 2 atom stereocenters. The molecule has 0 N–H and O–H groups in total. The molecule has 2 heterocycles. The van der Waals surface area contributed by atoms with Gasteiger partial charge in [-0.2, -0.15) is 0 Å². The van der Waals surface area contributed by atoms with Gasteiger partial charge in [0, 0.05) is 12.2 Å².